The number of nitrogens with zero attached hydrogens (tertiary/aromatic N) is 3. The summed E-state index contributed by atoms with van der Waals surface area (Å²) in [7, 11) is 7.89. The zero-order valence-corrected chi connectivity index (χ0v) is 20.8. The average molecular weight is 493 g/mol. The molecule has 2 aromatic carbocycles. The average Bonchev–Trinajstić information content (AvgIpc) is 3.38. The van der Waals surface area contributed by atoms with Crippen molar-refractivity contribution in [1.82, 2.24) is 14.8 Å². The van der Waals surface area contributed by atoms with E-state index in [1.54, 1.807) is 40.2 Å². The van der Waals surface area contributed by atoms with E-state index in [2.05, 4.69) is 15.4 Å². The number of anilines is 1. The van der Waals surface area contributed by atoms with Crippen LogP contribution in [0.2, 0.25) is 0 Å². The summed E-state index contributed by atoms with van der Waals surface area (Å²) in [4.78, 5) is 18.1. The van der Waals surface area contributed by atoms with Crippen LogP contribution >= 0.6 is 0 Å². The first-order valence-electron chi connectivity index (χ1n) is 11.5. The summed E-state index contributed by atoms with van der Waals surface area (Å²) in [6, 6.07) is 8.98. The van der Waals surface area contributed by atoms with E-state index in [1.165, 1.54) is 6.33 Å². The van der Waals surface area contributed by atoms with E-state index in [9.17, 15) is 4.79 Å². The molecule has 0 bridgehead atoms. The van der Waals surface area contributed by atoms with Crippen molar-refractivity contribution < 1.29 is 28.5 Å². The molecule has 2 aliphatic rings. The van der Waals surface area contributed by atoms with Crippen molar-refractivity contribution in [3.05, 3.63) is 59.1 Å². The molecule has 0 spiro atoms. The molecule has 0 radical (unpaired) electrons. The minimum Gasteiger partial charge on any atom is -0.493 e. The van der Waals surface area contributed by atoms with Crippen molar-refractivity contribution in [2.45, 2.75) is 24.8 Å². The third-order valence-corrected chi connectivity index (χ3v) is 6.74. The summed E-state index contributed by atoms with van der Waals surface area (Å²) < 4.78 is 29.2. The molecule has 10 nitrogen and oxygen atoms in total. The molecule has 1 aliphatic heterocycles. The van der Waals surface area contributed by atoms with Crippen LogP contribution in [0.5, 0.6) is 28.7 Å². The largest absolute Gasteiger partial charge is 0.493 e. The van der Waals surface area contributed by atoms with E-state index in [1.807, 2.05) is 30.3 Å². The maximum Gasteiger partial charge on any atom is 0.226 e. The Hall–Kier alpha value is -4.21. The SMILES string of the molecule is COc1ccc(C2CC(=O)C3=C(C2)Nc2ncnn2C3c2cc(OC)c(OC)c(OC)c2)cc1OC. The molecular formula is C26H28N4O6. The van der Waals surface area contributed by atoms with Crippen LogP contribution in [0.25, 0.3) is 0 Å². The molecule has 2 atom stereocenters. The number of rotatable bonds is 7. The van der Waals surface area contributed by atoms with Crippen LogP contribution in [-0.2, 0) is 4.79 Å². The second-order valence-electron chi connectivity index (χ2n) is 8.55. The van der Waals surface area contributed by atoms with Gasteiger partial charge in [-0.05, 0) is 47.7 Å². The predicted molar refractivity (Wildman–Crippen MR) is 131 cm³/mol. The van der Waals surface area contributed by atoms with Crippen molar-refractivity contribution in [2.24, 2.45) is 0 Å². The molecule has 0 saturated carbocycles. The van der Waals surface area contributed by atoms with Crippen LogP contribution < -0.4 is 29.0 Å². The molecular weight excluding hydrogens is 464 g/mol. The monoisotopic (exact) mass is 492 g/mol. The first kappa shape index (κ1) is 23.5. The number of allylic oxidation sites excluding steroid dienone is 2. The fourth-order valence-electron chi connectivity index (χ4n) is 5.06. The maximum absolute atomic E-state index is 13.7. The standard InChI is InChI=1S/C26H28N4O6/c1-32-19-7-6-14(10-20(19)33-2)15-8-17-23(18(31)9-15)24(30-26(29-17)27-13-28-30)16-11-21(34-3)25(36-5)22(12-16)35-4/h6-7,10-13,15,24H,8-9H2,1-5H3,(H,27,28,29). The van der Waals surface area contributed by atoms with Gasteiger partial charge in [-0.25, -0.2) is 4.68 Å². The van der Waals surface area contributed by atoms with E-state index < -0.39 is 6.04 Å². The van der Waals surface area contributed by atoms with Gasteiger partial charge in [-0.2, -0.15) is 10.1 Å². The molecule has 5 rings (SSSR count). The van der Waals surface area contributed by atoms with Crippen LogP contribution in [0.15, 0.2) is 47.9 Å². The lowest BCUT2D eigenvalue weighted by atomic mass is 9.77. The van der Waals surface area contributed by atoms with E-state index >= 15 is 0 Å². The molecule has 1 aliphatic carbocycles. The Morgan fingerprint density at radius 1 is 0.833 bits per heavy atom. The number of carbonyl (C=O) groups is 1. The predicted octanol–water partition coefficient (Wildman–Crippen LogP) is 3.74. The van der Waals surface area contributed by atoms with Gasteiger partial charge in [-0.15, -0.1) is 0 Å². The highest BCUT2D eigenvalue weighted by atomic mass is 16.5. The van der Waals surface area contributed by atoms with Crippen molar-refractivity contribution in [3.63, 3.8) is 0 Å². The van der Waals surface area contributed by atoms with Gasteiger partial charge in [-0.3, -0.25) is 4.79 Å². The fourth-order valence-corrected chi connectivity index (χ4v) is 5.06. The number of carbonyl (C=O) groups excluding carboxylic acids is 1. The number of benzene rings is 2. The minimum absolute atomic E-state index is 0.0291. The number of nitrogens with one attached hydrogen (secondary N) is 1. The second kappa shape index (κ2) is 9.44. The Morgan fingerprint density at radius 2 is 1.50 bits per heavy atom. The van der Waals surface area contributed by atoms with Crippen LogP contribution in [0.4, 0.5) is 5.95 Å². The summed E-state index contributed by atoms with van der Waals surface area (Å²) in [6.07, 6.45) is 2.45. The van der Waals surface area contributed by atoms with Gasteiger partial charge in [0.2, 0.25) is 11.7 Å². The summed E-state index contributed by atoms with van der Waals surface area (Å²) in [5, 5.41) is 7.77. The van der Waals surface area contributed by atoms with Gasteiger partial charge in [-0.1, -0.05) is 6.07 Å². The summed E-state index contributed by atoms with van der Waals surface area (Å²) in [5.74, 6) is 3.33. The Kier molecular flexibility index (Phi) is 6.17. The number of ether oxygens (including phenoxy) is 5. The summed E-state index contributed by atoms with van der Waals surface area (Å²) in [5.41, 5.74) is 3.26. The van der Waals surface area contributed by atoms with E-state index in [-0.39, 0.29) is 11.7 Å². The number of Topliss-reactive ketones (excluding diaryl/α,β-unsaturated/α-hetero) is 1. The lowest BCUT2D eigenvalue weighted by Crippen LogP contribution is -2.33. The highest BCUT2D eigenvalue weighted by Crippen LogP contribution is 2.47. The van der Waals surface area contributed by atoms with Crippen molar-refractivity contribution in [3.8, 4) is 28.7 Å². The van der Waals surface area contributed by atoms with E-state index in [4.69, 9.17) is 23.7 Å². The lowest BCUT2D eigenvalue weighted by Gasteiger charge is -2.35. The molecule has 0 amide bonds. The van der Waals surface area contributed by atoms with Gasteiger partial charge in [0.05, 0.1) is 35.5 Å². The summed E-state index contributed by atoms with van der Waals surface area (Å²) >= 11 is 0. The quantitative estimate of drug-likeness (QED) is 0.528. The zero-order chi connectivity index (χ0) is 25.4. The van der Waals surface area contributed by atoms with Crippen molar-refractivity contribution in [2.75, 3.05) is 40.9 Å². The van der Waals surface area contributed by atoms with E-state index in [0.717, 1.165) is 16.8 Å². The van der Waals surface area contributed by atoms with Crippen LogP contribution in [-0.4, -0.2) is 56.1 Å². The highest BCUT2D eigenvalue weighted by Gasteiger charge is 2.40. The Labute approximate surface area is 208 Å². The lowest BCUT2D eigenvalue weighted by molar-refractivity contribution is -0.116. The topological polar surface area (TPSA) is 106 Å². The number of methoxy groups -OCH3 is 5. The number of fused-ring (bicyclic) bond motifs is 1. The number of aromatic nitrogens is 3. The highest BCUT2D eigenvalue weighted by molar-refractivity contribution is 6.00. The van der Waals surface area contributed by atoms with Crippen LogP contribution in [0, 0.1) is 0 Å². The fraction of sp³-hybridized carbons (Fsp3) is 0.346. The smallest absolute Gasteiger partial charge is 0.226 e. The first-order chi connectivity index (χ1) is 17.5. The Bertz CT molecular complexity index is 1320. The molecule has 0 saturated heterocycles. The molecule has 2 unspecified atom stereocenters. The number of ketones is 1. The van der Waals surface area contributed by atoms with Gasteiger partial charge < -0.3 is 29.0 Å². The van der Waals surface area contributed by atoms with Crippen molar-refractivity contribution in [1.29, 1.82) is 0 Å². The molecule has 10 heteroatoms. The van der Waals surface area contributed by atoms with Crippen LogP contribution in [0.1, 0.15) is 35.9 Å². The summed E-state index contributed by atoms with van der Waals surface area (Å²) in [6.45, 7) is 0. The van der Waals surface area contributed by atoms with Crippen molar-refractivity contribution >= 4 is 11.7 Å². The second-order valence-corrected chi connectivity index (χ2v) is 8.55. The van der Waals surface area contributed by atoms with Gasteiger partial charge in [0.15, 0.2) is 28.8 Å². The molecule has 3 aromatic rings. The molecule has 0 fully saturated rings. The van der Waals surface area contributed by atoms with Gasteiger partial charge in [0.1, 0.15) is 12.4 Å². The minimum atomic E-state index is -0.494. The molecule has 1 N–H and O–H groups in total. The third-order valence-electron chi connectivity index (χ3n) is 6.74. The number of hydrogen-bond donors (Lipinski definition) is 1. The third kappa shape index (κ3) is 3.78. The Balaban J connectivity index is 1.60. The van der Waals surface area contributed by atoms with E-state index in [0.29, 0.717) is 53.1 Å². The molecule has 1 aromatic heterocycles. The molecule has 36 heavy (non-hydrogen) atoms. The maximum atomic E-state index is 13.7. The van der Waals surface area contributed by atoms with Gasteiger partial charge >= 0.3 is 0 Å². The Morgan fingerprint density at radius 3 is 2.14 bits per heavy atom. The molecule has 188 valence electrons. The molecule has 2 heterocycles. The number of hydrogen-bond acceptors (Lipinski definition) is 9. The first-order valence-corrected chi connectivity index (χ1v) is 11.5. The zero-order valence-electron chi connectivity index (χ0n) is 20.8. The van der Waals surface area contributed by atoms with Gasteiger partial charge in [0.25, 0.3) is 0 Å². The normalized spacial score (nSPS) is 18.6. The van der Waals surface area contributed by atoms with Crippen LogP contribution in [0.3, 0.4) is 0 Å². The van der Waals surface area contributed by atoms with Gasteiger partial charge in [0, 0.05) is 17.7 Å².